The van der Waals surface area contributed by atoms with E-state index in [2.05, 4.69) is 21.8 Å². The van der Waals surface area contributed by atoms with Crippen LogP contribution in [0, 0.1) is 18.4 Å². The fourth-order valence-electron chi connectivity index (χ4n) is 5.24. The van der Waals surface area contributed by atoms with Gasteiger partial charge in [0.1, 0.15) is 15.5 Å². The number of rotatable bonds is 5. The van der Waals surface area contributed by atoms with Gasteiger partial charge in [-0.2, -0.15) is 5.26 Å². The molecule has 2 aromatic carbocycles. The Labute approximate surface area is 247 Å². The van der Waals surface area contributed by atoms with Crippen molar-refractivity contribution in [2.45, 2.75) is 25.8 Å². The molecule has 220 valence electrons. The summed E-state index contributed by atoms with van der Waals surface area (Å²) in [5.74, 6) is -6.21. The van der Waals surface area contributed by atoms with Crippen LogP contribution < -0.4 is 20.3 Å². The first-order chi connectivity index (χ1) is 20.6. The highest BCUT2D eigenvalue weighted by Crippen LogP contribution is 2.56. The maximum atomic E-state index is 13.5. The Morgan fingerprint density at radius 3 is 2.53 bits per heavy atom. The number of carbonyl (C=O) groups is 2. The number of phenols is 5. The van der Waals surface area contributed by atoms with Crippen LogP contribution in [0.25, 0.3) is 10.2 Å². The molecule has 4 aromatic rings. The predicted molar refractivity (Wildman–Crippen MR) is 154 cm³/mol. The average molecular weight is 605 g/mol. The Morgan fingerprint density at radius 1 is 1.12 bits per heavy atom. The van der Waals surface area contributed by atoms with Crippen molar-refractivity contribution in [3.63, 3.8) is 0 Å². The minimum atomic E-state index is -1.11. The topological polar surface area (TPSA) is 212 Å². The molecule has 0 saturated carbocycles. The average Bonchev–Trinajstić information content (AvgIpc) is 3.37. The summed E-state index contributed by atoms with van der Waals surface area (Å²) in [6.45, 7) is 2.76. The lowest BCUT2D eigenvalue weighted by molar-refractivity contribution is 0.0923. The zero-order chi connectivity index (χ0) is 30.6. The fourth-order valence-corrected chi connectivity index (χ4v) is 6.26. The van der Waals surface area contributed by atoms with Gasteiger partial charge in [-0.15, -0.1) is 11.3 Å². The lowest BCUT2D eigenvalue weighted by atomic mass is 10.1. The molecule has 0 bridgehead atoms. The van der Waals surface area contributed by atoms with E-state index in [9.17, 15) is 40.4 Å². The molecule has 14 nitrogen and oxygen atoms in total. The number of hydrogen-bond acceptors (Lipinski definition) is 12. The number of hydrogen-bond donors (Lipinski definition) is 7. The zero-order valence-corrected chi connectivity index (χ0v) is 23.3. The Balaban J connectivity index is 1.32. The van der Waals surface area contributed by atoms with Crippen molar-refractivity contribution in [1.82, 2.24) is 15.2 Å². The van der Waals surface area contributed by atoms with E-state index in [1.165, 1.54) is 17.0 Å². The Bertz CT molecular complexity index is 1840. The molecule has 1 fully saturated rings. The molecular formula is C28H24N6O8S. The molecule has 43 heavy (non-hydrogen) atoms. The van der Waals surface area contributed by atoms with Crippen LogP contribution in [-0.4, -0.2) is 66.5 Å². The third kappa shape index (κ3) is 4.53. The van der Waals surface area contributed by atoms with Crippen molar-refractivity contribution in [2.75, 3.05) is 23.3 Å². The van der Waals surface area contributed by atoms with Gasteiger partial charge in [0.05, 0.1) is 22.4 Å². The van der Waals surface area contributed by atoms with Crippen molar-refractivity contribution in [1.29, 1.82) is 5.26 Å². The van der Waals surface area contributed by atoms with E-state index < -0.39 is 40.5 Å². The first kappa shape index (κ1) is 27.5. The van der Waals surface area contributed by atoms with E-state index in [1.807, 2.05) is 0 Å². The molecule has 1 atom stereocenters. The first-order valence-corrected chi connectivity index (χ1v) is 13.9. The van der Waals surface area contributed by atoms with Crippen LogP contribution in [0.1, 0.15) is 28.1 Å². The second-order valence-electron chi connectivity index (χ2n) is 10.1. The van der Waals surface area contributed by atoms with Crippen molar-refractivity contribution in [3.05, 3.63) is 40.9 Å². The Kier molecular flexibility index (Phi) is 6.62. The monoisotopic (exact) mass is 604 g/mol. The molecular weight excluding hydrogens is 580 g/mol. The maximum Gasteiger partial charge on any atom is 0.331 e. The molecule has 4 heterocycles. The number of amides is 3. The molecule has 6 rings (SSSR count). The number of pyridine rings is 1. The number of benzene rings is 2. The summed E-state index contributed by atoms with van der Waals surface area (Å²) in [6.07, 6.45) is 5.17. The molecule has 0 unspecified atom stereocenters. The highest BCUT2D eigenvalue weighted by molar-refractivity contribution is 7.21. The summed E-state index contributed by atoms with van der Waals surface area (Å²) in [4.78, 5) is 35.1. The number of likely N-dealkylation sites (tertiary alicyclic amines) is 1. The summed E-state index contributed by atoms with van der Waals surface area (Å²) in [5.41, 5.74) is 1.82. The number of nitriles is 1. The third-order valence-electron chi connectivity index (χ3n) is 7.31. The lowest BCUT2D eigenvalue weighted by Gasteiger charge is -2.30. The van der Waals surface area contributed by atoms with Gasteiger partial charge in [0, 0.05) is 25.3 Å². The summed E-state index contributed by atoms with van der Waals surface area (Å²) in [7, 11) is 0. The van der Waals surface area contributed by atoms with Crippen LogP contribution in [0.15, 0.2) is 30.5 Å². The number of aryl methyl sites for hydroxylation is 1. The molecule has 2 aromatic heterocycles. The predicted octanol–water partition coefficient (Wildman–Crippen LogP) is 4.28. The van der Waals surface area contributed by atoms with E-state index in [0.717, 1.165) is 24.2 Å². The van der Waals surface area contributed by atoms with E-state index in [-0.39, 0.29) is 17.7 Å². The van der Waals surface area contributed by atoms with Crippen LogP contribution in [0.5, 0.6) is 40.2 Å². The van der Waals surface area contributed by atoms with Gasteiger partial charge in [0.15, 0.2) is 6.19 Å². The first-order valence-electron chi connectivity index (χ1n) is 13.0. The highest BCUT2D eigenvalue weighted by Gasteiger charge is 2.34. The highest BCUT2D eigenvalue weighted by atomic mass is 32.1. The van der Waals surface area contributed by atoms with Gasteiger partial charge in [0.2, 0.25) is 34.5 Å². The lowest BCUT2D eigenvalue weighted by Crippen LogP contribution is -2.46. The van der Waals surface area contributed by atoms with Gasteiger partial charge in [-0.3, -0.25) is 9.69 Å². The number of aromatic hydroxyl groups is 5. The number of urea groups is 1. The van der Waals surface area contributed by atoms with Crippen LogP contribution in [0.2, 0.25) is 0 Å². The van der Waals surface area contributed by atoms with E-state index in [4.69, 9.17) is 4.74 Å². The number of carbonyl (C=O) groups excluding carboxylic acids is 2. The van der Waals surface area contributed by atoms with Crippen LogP contribution in [0.3, 0.4) is 0 Å². The van der Waals surface area contributed by atoms with Crippen molar-refractivity contribution in [3.8, 4) is 46.4 Å². The van der Waals surface area contributed by atoms with Gasteiger partial charge >= 0.3 is 6.03 Å². The number of nitrogens with one attached hydrogen (secondary N) is 2. The van der Waals surface area contributed by atoms with Gasteiger partial charge in [-0.05, 0) is 49.6 Å². The van der Waals surface area contributed by atoms with E-state index >= 15 is 0 Å². The van der Waals surface area contributed by atoms with Gasteiger partial charge < -0.3 is 45.8 Å². The normalized spacial score (nSPS) is 16.1. The molecule has 15 heteroatoms. The van der Waals surface area contributed by atoms with Crippen LogP contribution in [0.4, 0.5) is 21.9 Å². The molecule has 2 aliphatic heterocycles. The molecule has 3 amide bonds. The quantitative estimate of drug-likeness (QED) is 0.0970. The fraction of sp³-hybridized carbons (Fsp3) is 0.214. The summed E-state index contributed by atoms with van der Waals surface area (Å²) in [5, 5.41) is 65.1. The molecule has 7 N–H and O–H groups in total. The molecule has 0 aliphatic carbocycles. The number of phenolic OH excluding ortho intramolecular Hbond substituents is 5. The number of aromatic nitrogens is 1. The SMILES string of the molecule is Cc1cc(Oc2c(O)c(O)c(O)c(O)c2O)ccc1N1C(=O)Nc2c(C(=O)N[C@@H]3CCCN(C#N)C3)sc3nccc1c23. The second-order valence-corrected chi connectivity index (χ2v) is 11.1. The largest absolute Gasteiger partial charge is 0.502 e. The summed E-state index contributed by atoms with van der Waals surface area (Å²) < 4.78 is 5.50. The smallest absolute Gasteiger partial charge is 0.331 e. The number of thiophene rings is 1. The number of nitrogens with zero attached hydrogens (tertiary/aromatic N) is 4. The number of anilines is 3. The molecule has 1 saturated heterocycles. The minimum Gasteiger partial charge on any atom is -0.502 e. The molecule has 0 spiro atoms. The Hall–Kier alpha value is -5.62. The number of piperidine rings is 1. The Morgan fingerprint density at radius 2 is 1.84 bits per heavy atom. The van der Waals surface area contributed by atoms with Gasteiger partial charge in [-0.1, -0.05) is 0 Å². The summed E-state index contributed by atoms with van der Waals surface area (Å²) in [6, 6.07) is 5.42. The third-order valence-corrected chi connectivity index (χ3v) is 8.40. The van der Waals surface area contributed by atoms with Crippen molar-refractivity contribution >= 4 is 50.6 Å². The van der Waals surface area contributed by atoms with E-state index in [0.29, 0.717) is 50.8 Å². The molecule has 0 radical (unpaired) electrons. The van der Waals surface area contributed by atoms with E-state index in [1.54, 1.807) is 30.2 Å². The zero-order valence-electron chi connectivity index (χ0n) is 22.5. The second kappa shape index (κ2) is 10.3. The maximum absolute atomic E-state index is 13.5. The molecule has 2 aliphatic rings. The minimum absolute atomic E-state index is 0.0708. The van der Waals surface area contributed by atoms with Crippen LogP contribution >= 0.6 is 11.3 Å². The van der Waals surface area contributed by atoms with Gasteiger partial charge in [-0.25, -0.2) is 9.78 Å². The number of ether oxygens (including phenoxy) is 1. The van der Waals surface area contributed by atoms with Crippen LogP contribution in [-0.2, 0) is 0 Å². The van der Waals surface area contributed by atoms with Gasteiger partial charge in [0.25, 0.3) is 5.91 Å². The van der Waals surface area contributed by atoms with Crippen molar-refractivity contribution < 1.29 is 39.9 Å². The van der Waals surface area contributed by atoms with Crippen molar-refractivity contribution in [2.24, 2.45) is 0 Å². The standard InChI is InChI=1S/C28H24N6O8S/c1-12-9-14(42-24-22(38)20(36)19(35)21(37)23(24)39)4-5-15(12)34-16-6-7-30-27-17(16)18(32-28(34)41)25(43-27)26(40)31-13-3-2-8-33(10-13)11-29/h4-7,9,13,35-39H,2-3,8,10H2,1H3,(H,31,40)(H,32,41)/t13-/m1/s1. The summed E-state index contributed by atoms with van der Waals surface area (Å²) >= 11 is 1.15.